The molecule has 0 aliphatic rings. The second-order valence-corrected chi connectivity index (χ2v) is 4.69. The maximum absolute atomic E-state index is 12.0. The van der Waals surface area contributed by atoms with Crippen LogP contribution < -0.4 is 14.2 Å². The van der Waals surface area contributed by atoms with Crippen molar-refractivity contribution in [1.82, 2.24) is 0 Å². The van der Waals surface area contributed by atoms with Crippen LogP contribution in [0.2, 0.25) is 0 Å². The lowest BCUT2D eigenvalue weighted by Crippen LogP contribution is -2.06. The van der Waals surface area contributed by atoms with Crippen molar-refractivity contribution in [3.8, 4) is 29.1 Å². The van der Waals surface area contributed by atoms with Gasteiger partial charge >= 0.3 is 5.97 Å². The average molecular weight is 326 g/mol. The Morgan fingerprint density at radius 2 is 1.54 bits per heavy atom. The van der Waals surface area contributed by atoms with Gasteiger partial charge in [-0.3, -0.25) is 0 Å². The summed E-state index contributed by atoms with van der Waals surface area (Å²) in [6.07, 6.45) is 0. The van der Waals surface area contributed by atoms with Gasteiger partial charge in [-0.05, 0) is 30.3 Å². The monoisotopic (exact) mass is 326 g/mol. The average Bonchev–Trinajstić information content (AvgIpc) is 2.64. The number of hydrogen-bond acceptors (Lipinski definition) is 5. The molecule has 0 radical (unpaired) electrons. The summed E-state index contributed by atoms with van der Waals surface area (Å²) in [6.45, 7) is 0. The highest BCUT2D eigenvalue weighted by Crippen LogP contribution is 2.27. The molecule has 0 aromatic heterocycles. The summed E-state index contributed by atoms with van der Waals surface area (Å²) in [5.74, 6) is 7.12. The van der Waals surface area contributed by atoms with Gasteiger partial charge in [0.25, 0.3) is 0 Å². The third-order valence-electron chi connectivity index (χ3n) is 3.36. The second-order valence-electron chi connectivity index (χ2n) is 4.69. The number of carbonyl (C=O) groups is 1. The minimum atomic E-state index is -0.496. The van der Waals surface area contributed by atoms with Gasteiger partial charge < -0.3 is 18.9 Å². The number of ether oxygens (including phenoxy) is 4. The Bertz CT molecular complexity index is 799. The Hall–Kier alpha value is -3.13. The standard InChI is InChI=1S/C19H18O5/c1-21-15-11-9-13(12-17(15)23-3)8-10-14-6-5-7-16(22-2)18(14)19(20)24-4/h5-7,9,11-12H,1-4H3. The topological polar surface area (TPSA) is 54.0 Å². The molecular formula is C19H18O5. The van der Waals surface area contributed by atoms with Crippen LogP contribution in [0.3, 0.4) is 0 Å². The van der Waals surface area contributed by atoms with Crippen molar-refractivity contribution in [2.24, 2.45) is 0 Å². The van der Waals surface area contributed by atoms with Gasteiger partial charge in [-0.2, -0.15) is 0 Å². The highest BCUT2D eigenvalue weighted by Gasteiger charge is 2.16. The van der Waals surface area contributed by atoms with Crippen LogP contribution in [-0.4, -0.2) is 34.4 Å². The molecule has 0 N–H and O–H groups in total. The molecule has 0 spiro atoms. The van der Waals surface area contributed by atoms with E-state index in [-0.39, 0.29) is 0 Å². The highest BCUT2D eigenvalue weighted by atomic mass is 16.5. The van der Waals surface area contributed by atoms with Crippen LogP contribution in [0, 0.1) is 11.8 Å². The molecule has 0 saturated carbocycles. The molecule has 0 bridgehead atoms. The Morgan fingerprint density at radius 1 is 0.833 bits per heavy atom. The summed E-state index contributed by atoms with van der Waals surface area (Å²) in [5, 5.41) is 0. The summed E-state index contributed by atoms with van der Waals surface area (Å²) in [4.78, 5) is 12.0. The van der Waals surface area contributed by atoms with Crippen molar-refractivity contribution >= 4 is 5.97 Å². The SMILES string of the molecule is COC(=O)c1c(C#Cc2ccc(OC)c(OC)c2)cccc1OC. The molecule has 24 heavy (non-hydrogen) atoms. The summed E-state index contributed by atoms with van der Waals surface area (Å²) >= 11 is 0. The van der Waals surface area contributed by atoms with E-state index in [2.05, 4.69) is 11.8 Å². The van der Waals surface area contributed by atoms with Crippen molar-refractivity contribution in [1.29, 1.82) is 0 Å². The van der Waals surface area contributed by atoms with Gasteiger partial charge in [0, 0.05) is 11.1 Å². The van der Waals surface area contributed by atoms with E-state index in [4.69, 9.17) is 18.9 Å². The Kier molecular flexibility index (Phi) is 5.69. The molecule has 0 atom stereocenters. The number of methoxy groups -OCH3 is 4. The molecule has 2 aromatic carbocycles. The summed E-state index contributed by atoms with van der Waals surface area (Å²) in [6, 6.07) is 10.5. The Balaban J connectivity index is 2.46. The first-order chi connectivity index (χ1) is 11.6. The molecule has 0 amide bonds. The normalized spacial score (nSPS) is 9.50. The fraction of sp³-hybridized carbons (Fsp3) is 0.211. The molecule has 0 fully saturated rings. The van der Waals surface area contributed by atoms with Gasteiger partial charge in [-0.1, -0.05) is 17.9 Å². The van der Waals surface area contributed by atoms with Crippen LogP contribution in [0.4, 0.5) is 0 Å². The van der Waals surface area contributed by atoms with E-state index in [0.29, 0.717) is 28.4 Å². The van der Waals surface area contributed by atoms with Gasteiger partial charge in [-0.25, -0.2) is 4.79 Å². The third kappa shape index (κ3) is 3.61. The van der Waals surface area contributed by atoms with Crippen LogP contribution in [-0.2, 0) is 4.74 Å². The first-order valence-electron chi connectivity index (χ1n) is 7.14. The fourth-order valence-corrected chi connectivity index (χ4v) is 2.17. The first kappa shape index (κ1) is 17.2. The van der Waals surface area contributed by atoms with Crippen molar-refractivity contribution in [3.05, 3.63) is 53.1 Å². The third-order valence-corrected chi connectivity index (χ3v) is 3.36. The van der Waals surface area contributed by atoms with Crippen LogP contribution >= 0.6 is 0 Å². The molecule has 0 aliphatic heterocycles. The molecular weight excluding hydrogens is 308 g/mol. The van der Waals surface area contributed by atoms with Gasteiger partial charge in [0.1, 0.15) is 11.3 Å². The molecule has 0 saturated heterocycles. The quantitative estimate of drug-likeness (QED) is 0.639. The van der Waals surface area contributed by atoms with Crippen LogP contribution in [0.5, 0.6) is 17.2 Å². The second kappa shape index (κ2) is 7.93. The molecule has 0 aliphatic carbocycles. The zero-order valence-corrected chi connectivity index (χ0v) is 14.0. The molecule has 5 heteroatoms. The molecule has 5 nitrogen and oxygen atoms in total. The smallest absolute Gasteiger partial charge is 0.342 e. The van der Waals surface area contributed by atoms with E-state index in [1.54, 1.807) is 44.6 Å². The minimum Gasteiger partial charge on any atom is -0.496 e. The lowest BCUT2D eigenvalue weighted by atomic mass is 10.1. The van der Waals surface area contributed by atoms with Crippen molar-refractivity contribution in [3.63, 3.8) is 0 Å². The number of rotatable bonds is 4. The predicted molar refractivity (Wildman–Crippen MR) is 89.9 cm³/mol. The molecule has 0 heterocycles. The van der Waals surface area contributed by atoms with Gasteiger partial charge in [0.15, 0.2) is 11.5 Å². The Morgan fingerprint density at radius 3 is 2.17 bits per heavy atom. The van der Waals surface area contributed by atoms with Gasteiger partial charge in [-0.15, -0.1) is 0 Å². The largest absolute Gasteiger partial charge is 0.496 e. The molecule has 2 rings (SSSR count). The van der Waals surface area contributed by atoms with E-state index in [1.165, 1.54) is 14.2 Å². The first-order valence-corrected chi connectivity index (χ1v) is 7.14. The summed E-state index contributed by atoms with van der Waals surface area (Å²) in [7, 11) is 5.95. The number of hydrogen-bond donors (Lipinski definition) is 0. The fourth-order valence-electron chi connectivity index (χ4n) is 2.17. The van der Waals surface area contributed by atoms with Gasteiger partial charge in [0.05, 0.1) is 28.4 Å². The van der Waals surface area contributed by atoms with E-state index in [1.807, 2.05) is 6.07 Å². The molecule has 0 unspecified atom stereocenters. The van der Waals surface area contributed by atoms with Crippen molar-refractivity contribution in [2.75, 3.05) is 28.4 Å². The van der Waals surface area contributed by atoms with Crippen LogP contribution in [0.15, 0.2) is 36.4 Å². The maximum Gasteiger partial charge on any atom is 0.342 e. The lowest BCUT2D eigenvalue weighted by molar-refractivity contribution is 0.0597. The lowest BCUT2D eigenvalue weighted by Gasteiger charge is -2.08. The highest BCUT2D eigenvalue weighted by molar-refractivity contribution is 5.95. The number of esters is 1. The Labute approximate surface area is 141 Å². The van der Waals surface area contributed by atoms with Crippen LogP contribution in [0.25, 0.3) is 0 Å². The summed E-state index contributed by atoms with van der Waals surface area (Å²) in [5.41, 5.74) is 1.55. The van der Waals surface area contributed by atoms with E-state index in [0.717, 1.165) is 5.56 Å². The zero-order chi connectivity index (χ0) is 17.5. The van der Waals surface area contributed by atoms with Crippen LogP contribution in [0.1, 0.15) is 21.5 Å². The van der Waals surface area contributed by atoms with Gasteiger partial charge in [0.2, 0.25) is 0 Å². The predicted octanol–water partition coefficient (Wildman–Crippen LogP) is 2.90. The van der Waals surface area contributed by atoms with E-state index < -0.39 is 5.97 Å². The van der Waals surface area contributed by atoms with Crippen molar-refractivity contribution in [2.45, 2.75) is 0 Å². The minimum absolute atomic E-state index is 0.301. The zero-order valence-electron chi connectivity index (χ0n) is 14.0. The van der Waals surface area contributed by atoms with E-state index >= 15 is 0 Å². The molecule has 124 valence electrons. The number of carbonyl (C=O) groups excluding carboxylic acids is 1. The van der Waals surface area contributed by atoms with Crippen molar-refractivity contribution < 1.29 is 23.7 Å². The maximum atomic E-state index is 12.0. The number of benzene rings is 2. The van der Waals surface area contributed by atoms with E-state index in [9.17, 15) is 4.79 Å². The molecule has 2 aromatic rings. The summed E-state index contributed by atoms with van der Waals surface area (Å²) < 4.78 is 20.5.